The summed E-state index contributed by atoms with van der Waals surface area (Å²) in [6.07, 6.45) is 2.55. The van der Waals surface area contributed by atoms with Crippen LogP contribution in [0.25, 0.3) is 10.9 Å². The lowest BCUT2D eigenvalue weighted by molar-refractivity contribution is 0.418. The number of rotatable bonds is 2. The predicted octanol–water partition coefficient (Wildman–Crippen LogP) is 2.96. The maximum Gasteiger partial charge on any atom is 0.143 e. The number of methoxy groups -OCH3 is 1. The number of fused-ring (bicyclic) bond motifs is 1. The van der Waals surface area contributed by atoms with Crippen LogP contribution in [-0.4, -0.2) is 24.8 Å². The highest BCUT2D eigenvalue weighted by Crippen LogP contribution is 2.37. The third-order valence-corrected chi connectivity index (χ3v) is 4.44. The molecular formula is C16H22N2O. The fraction of sp³-hybridized carbons (Fsp3) is 0.500. The fourth-order valence-corrected chi connectivity index (χ4v) is 3.41. The van der Waals surface area contributed by atoms with Crippen LogP contribution in [0.2, 0.25) is 0 Å². The van der Waals surface area contributed by atoms with Crippen molar-refractivity contribution in [3.63, 3.8) is 0 Å². The van der Waals surface area contributed by atoms with E-state index in [0.29, 0.717) is 5.92 Å². The Morgan fingerprint density at radius 3 is 2.89 bits per heavy atom. The molecular weight excluding hydrogens is 236 g/mol. The molecule has 3 rings (SSSR count). The Morgan fingerprint density at radius 1 is 1.37 bits per heavy atom. The van der Waals surface area contributed by atoms with Gasteiger partial charge in [-0.1, -0.05) is 12.1 Å². The van der Waals surface area contributed by atoms with E-state index in [9.17, 15) is 0 Å². The van der Waals surface area contributed by atoms with E-state index in [2.05, 4.69) is 36.0 Å². The van der Waals surface area contributed by atoms with Crippen LogP contribution in [0.3, 0.4) is 0 Å². The van der Waals surface area contributed by atoms with Crippen LogP contribution in [-0.2, 0) is 7.05 Å². The number of hydrogen-bond acceptors (Lipinski definition) is 2. The summed E-state index contributed by atoms with van der Waals surface area (Å²) in [6, 6.07) is 6.37. The van der Waals surface area contributed by atoms with E-state index in [-0.39, 0.29) is 0 Å². The smallest absolute Gasteiger partial charge is 0.143 e. The average Bonchev–Trinajstić information content (AvgIpc) is 2.72. The molecule has 1 aliphatic heterocycles. The zero-order valence-corrected chi connectivity index (χ0v) is 12.0. The van der Waals surface area contributed by atoms with E-state index in [1.807, 2.05) is 6.07 Å². The fourth-order valence-electron chi connectivity index (χ4n) is 3.41. The van der Waals surface area contributed by atoms with Crippen LogP contribution in [0.1, 0.15) is 30.0 Å². The highest BCUT2D eigenvalue weighted by Gasteiger charge is 2.23. The monoisotopic (exact) mass is 258 g/mol. The molecule has 0 spiro atoms. The predicted molar refractivity (Wildman–Crippen MR) is 79.1 cm³/mol. The van der Waals surface area contributed by atoms with Gasteiger partial charge in [-0.25, -0.2) is 0 Å². The second kappa shape index (κ2) is 4.89. The maximum atomic E-state index is 5.53. The van der Waals surface area contributed by atoms with Crippen molar-refractivity contribution >= 4 is 10.9 Å². The second-order valence-electron chi connectivity index (χ2n) is 5.46. The molecule has 1 N–H and O–H groups in total. The Hall–Kier alpha value is -1.48. The minimum absolute atomic E-state index is 0.629. The van der Waals surface area contributed by atoms with Crippen molar-refractivity contribution in [1.29, 1.82) is 0 Å². The van der Waals surface area contributed by atoms with Crippen molar-refractivity contribution in [2.45, 2.75) is 25.7 Å². The van der Waals surface area contributed by atoms with Crippen molar-refractivity contribution in [3.8, 4) is 5.75 Å². The molecule has 3 heteroatoms. The number of ether oxygens (including phenoxy) is 1. The van der Waals surface area contributed by atoms with Gasteiger partial charge in [-0.15, -0.1) is 0 Å². The van der Waals surface area contributed by atoms with Crippen LogP contribution in [0.4, 0.5) is 0 Å². The van der Waals surface area contributed by atoms with Crippen molar-refractivity contribution in [3.05, 3.63) is 29.5 Å². The van der Waals surface area contributed by atoms with Crippen LogP contribution in [0.15, 0.2) is 18.2 Å². The standard InChI is InChI=1S/C16H22N2O/c1-11-15(12-6-5-9-17-10-12)13-7-4-8-14(19-3)16(13)18(11)2/h4,7-8,12,17H,5-6,9-10H2,1-3H3. The minimum atomic E-state index is 0.629. The molecule has 2 aromatic rings. The third kappa shape index (κ3) is 1.93. The minimum Gasteiger partial charge on any atom is -0.495 e. The van der Waals surface area contributed by atoms with E-state index >= 15 is 0 Å². The lowest BCUT2D eigenvalue weighted by atomic mass is 9.89. The van der Waals surface area contributed by atoms with Crippen LogP contribution >= 0.6 is 0 Å². The van der Waals surface area contributed by atoms with Crippen molar-refractivity contribution in [1.82, 2.24) is 9.88 Å². The third-order valence-electron chi connectivity index (χ3n) is 4.44. The molecule has 0 saturated carbocycles. The molecule has 1 fully saturated rings. The lowest BCUT2D eigenvalue weighted by Crippen LogP contribution is -2.28. The Labute approximate surface area is 114 Å². The first-order valence-electron chi connectivity index (χ1n) is 7.06. The number of aromatic nitrogens is 1. The summed E-state index contributed by atoms with van der Waals surface area (Å²) in [5, 5.41) is 4.88. The van der Waals surface area contributed by atoms with E-state index < -0.39 is 0 Å². The molecule has 1 unspecified atom stereocenters. The Balaban J connectivity index is 2.21. The highest BCUT2D eigenvalue weighted by atomic mass is 16.5. The summed E-state index contributed by atoms with van der Waals surface area (Å²) in [5.74, 6) is 1.60. The van der Waals surface area contributed by atoms with Crippen LogP contribution in [0, 0.1) is 6.92 Å². The molecule has 1 aromatic carbocycles. The lowest BCUT2D eigenvalue weighted by Gasteiger charge is -2.23. The van der Waals surface area contributed by atoms with Gasteiger partial charge in [-0.3, -0.25) is 0 Å². The maximum absolute atomic E-state index is 5.53. The van der Waals surface area contributed by atoms with Gasteiger partial charge in [-0.2, -0.15) is 0 Å². The van der Waals surface area contributed by atoms with E-state index in [1.54, 1.807) is 7.11 Å². The normalized spacial score (nSPS) is 19.8. The summed E-state index contributed by atoms with van der Waals surface area (Å²) in [4.78, 5) is 0. The zero-order valence-electron chi connectivity index (χ0n) is 12.0. The average molecular weight is 258 g/mol. The summed E-state index contributed by atoms with van der Waals surface area (Å²) < 4.78 is 7.80. The molecule has 1 aromatic heterocycles. The van der Waals surface area contributed by atoms with Gasteiger partial charge in [0.15, 0.2) is 0 Å². The molecule has 102 valence electrons. The molecule has 1 aliphatic rings. The van der Waals surface area contributed by atoms with Crippen molar-refractivity contribution < 1.29 is 4.74 Å². The van der Waals surface area contributed by atoms with Gasteiger partial charge in [0.05, 0.1) is 12.6 Å². The highest BCUT2D eigenvalue weighted by molar-refractivity contribution is 5.91. The topological polar surface area (TPSA) is 26.2 Å². The number of nitrogens with one attached hydrogen (secondary N) is 1. The van der Waals surface area contributed by atoms with E-state index in [1.165, 1.54) is 35.0 Å². The Morgan fingerprint density at radius 2 is 2.21 bits per heavy atom. The number of hydrogen-bond donors (Lipinski definition) is 1. The van der Waals surface area contributed by atoms with Gasteiger partial charge >= 0.3 is 0 Å². The SMILES string of the molecule is COc1cccc2c(C3CCCNC3)c(C)n(C)c12. The number of aryl methyl sites for hydroxylation is 1. The van der Waals surface area contributed by atoms with E-state index in [4.69, 9.17) is 4.74 Å². The van der Waals surface area contributed by atoms with Crippen molar-refractivity contribution in [2.24, 2.45) is 7.05 Å². The second-order valence-corrected chi connectivity index (χ2v) is 5.46. The van der Waals surface area contributed by atoms with Crippen LogP contribution < -0.4 is 10.1 Å². The van der Waals surface area contributed by atoms with Gasteiger partial charge in [0, 0.05) is 24.7 Å². The summed E-state index contributed by atoms with van der Waals surface area (Å²) >= 11 is 0. The van der Waals surface area contributed by atoms with Gasteiger partial charge in [0.25, 0.3) is 0 Å². The Kier molecular flexibility index (Phi) is 3.23. The number of piperidine rings is 1. The number of nitrogens with zero attached hydrogens (tertiary/aromatic N) is 1. The molecule has 2 heterocycles. The quantitative estimate of drug-likeness (QED) is 0.896. The summed E-state index contributed by atoms with van der Waals surface area (Å²) in [7, 11) is 3.89. The molecule has 0 bridgehead atoms. The molecule has 1 saturated heterocycles. The molecule has 0 amide bonds. The zero-order chi connectivity index (χ0) is 13.4. The van der Waals surface area contributed by atoms with E-state index in [0.717, 1.165) is 18.8 Å². The number of benzene rings is 1. The van der Waals surface area contributed by atoms with Crippen LogP contribution in [0.5, 0.6) is 5.75 Å². The van der Waals surface area contributed by atoms with Gasteiger partial charge < -0.3 is 14.6 Å². The molecule has 19 heavy (non-hydrogen) atoms. The van der Waals surface area contributed by atoms with Gasteiger partial charge in [0.2, 0.25) is 0 Å². The largest absolute Gasteiger partial charge is 0.495 e. The number of para-hydroxylation sites is 1. The van der Waals surface area contributed by atoms with Gasteiger partial charge in [-0.05, 0) is 43.9 Å². The molecule has 0 aliphatic carbocycles. The Bertz CT molecular complexity index is 594. The first-order valence-corrected chi connectivity index (χ1v) is 7.06. The first-order chi connectivity index (χ1) is 9.24. The van der Waals surface area contributed by atoms with Crippen molar-refractivity contribution in [2.75, 3.05) is 20.2 Å². The molecule has 1 atom stereocenters. The molecule has 0 radical (unpaired) electrons. The summed E-state index contributed by atoms with van der Waals surface area (Å²) in [6.45, 7) is 4.48. The first kappa shape index (κ1) is 12.5. The van der Waals surface area contributed by atoms with Gasteiger partial charge in [0.1, 0.15) is 5.75 Å². The molecule has 3 nitrogen and oxygen atoms in total. The summed E-state index contributed by atoms with van der Waals surface area (Å²) in [5.41, 5.74) is 4.10.